The Labute approximate surface area is 116 Å². The maximum Gasteiger partial charge on any atom is 0.241 e. The largest absolute Gasteiger partial charge is 0.273 e. The fraction of sp³-hybridized carbons (Fsp3) is 0.733. The van der Waals surface area contributed by atoms with E-state index in [9.17, 15) is 9.59 Å². The second-order valence-electron chi connectivity index (χ2n) is 5.13. The van der Waals surface area contributed by atoms with Gasteiger partial charge in [0.1, 0.15) is 0 Å². The molecule has 0 spiro atoms. The second kappa shape index (κ2) is 9.59. The number of amides is 2. The summed E-state index contributed by atoms with van der Waals surface area (Å²) in [6.07, 6.45) is 11.9. The summed E-state index contributed by atoms with van der Waals surface area (Å²) in [6, 6.07) is 0. The predicted molar refractivity (Wildman–Crippen MR) is 76.2 cm³/mol. The lowest BCUT2D eigenvalue weighted by molar-refractivity contribution is -0.138. The lowest BCUT2D eigenvalue weighted by Gasteiger charge is -2.16. The van der Waals surface area contributed by atoms with E-state index in [2.05, 4.69) is 12.0 Å². The quantitative estimate of drug-likeness (QED) is 0.488. The minimum atomic E-state index is -0.0260. The molecule has 1 aliphatic rings. The smallest absolute Gasteiger partial charge is 0.241 e. The summed E-state index contributed by atoms with van der Waals surface area (Å²) in [5.41, 5.74) is 2.68. The molecule has 0 aromatic heterocycles. The summed E-state index contributed by atoms with van der Waals surface area (Å²) >= 11 is 0. The van der Waals surface area contributed by atoms with E-state index in [1.54, 1.807) is 0 Å². The first kappa shape index (κ1) is 15.7. The molecule has 4 nitrogen and oxygen atoms in total. The molecule has 1 aliphatic heterocycles. The van der Waals surface area contributed by atoms with Crippen LogP contribution in [-0.4, -0.2) is 23.4 Å². The molecule has 108 valence electrons. The second-order valence-corrected chi connectivity index (χ2v) is 5.13. The van der Waals surface area contributed by atoms with Crippen LogP contribution in [0.4, 0.5) is 0 Å². The highest BCUT2D eigenvalue weighted by Gasteiger charge is 2.21. The summed E-state index contributed by atoms with van der Waals surface area (Å²) < 4.78 is 0. The van der Waals surface area contributed by atoms with Gasteiger partial charge in [0.2, 0.25) is 11.8 Å². The monoisotopic (exact) mass is 266 g/mol. The van der Waals surface area contributed by atoms with Crippen molar-refractivity contribution >= 4 is 11.8 Å². The Balaban J connectivity index is 1.92. The highest BCUT2D eigenvalue weighted by Crippen LogP contribution is 2.10. The number of hydrogen-bond acceptors (Lipinski definition) is 2. The molecule has 1 fully saturated rings. The molecule has 1 saturated heterocycles. The summed E-state index contributed by atoms with van der Waals surface area (Å²) in [5, 5.41) is 1.46. The molecular formula is C15H26N2O2. The van der Waals surface area contributed by atoms with Gasteiger partial charge in [-0.25, -0.2) is 0 Å². The minimum Gasteiger partial charge on any atom is -0.273 e. The van der Waals surface area contributed by atoms with Gasteiger partial charge in [0.15, 0.2) is 0 Å². The summed E-state index contributed by atoms with van der Waals surface area (Å²) in [6.45, 7) is 4.36. The van der Waals surface area contributed by atoms with Crippen molar-refractivity contribution in [2.24, 2.45) is 0 Å². The average Bonchev–Trinajstić information content (AvgIpc) is 2.78. The molecule has 19 heavy (non-hydrogen) atoms. The van der Waals surface area contributed by atoms with Crippen molar-refractivity contribution in [2.45, 2.75) is 64.2 Å². The zero-order chi connectivity index (χ0) is 13.9. The Morgan fingerprint density at radius 3 is 2.53 bits per heavy atom. The van der Waals surface area contributed by atoms with E-state index in [1.165, 1.54) is 30.7 Å². The first-order chi connectivity index (χ1) is 9.24. The van der Waals surface area contributed by atoms with Gasteiger partial charge >= 0.3 is 0 Å². The zero-order valence-electron chi connectivity index (χ0n) is 11.8. The van der Waals surface area contributed by atoms with Gasteiger partial charge in [0.05, 0.1) is 0 Å². The molecule has 1 N–H and O–H groups in total. The van der Waals surface area contributed by atoms with Crippen LogP contribution in [0.2, 0.25) is 0 Å². The number of carbonyl (C=O) groups excluding carboxylic acids is 2. The van der Waals surface area contributed by atoms with Gasteiger partial charge < -0.3 is 0 Å². The van der Waals surface area contributed by atoms with E-state index in [1.807, 2.05) is 6.08 Å². The van der Waals surface area contributed by atoms with Crippen molar-refractivity contribution in [1.29, 1.82) is 0 Å². The summed E-state index contributed by atoms with van der Waals surface area (Å²) in [7, 11) is 0. The van der Waals surface area contributed by atoms with Crippen LogP contribution in [0.25, 0.3) is 0 Å². The number of nitrogens with one attached hydrogen (secondary N) is 1. The number of carbonyl (C=O) groups is 2. The van der Waals surface area contributed by atoms with E-state index < -0.39 is 0 Å². The zero-order valence-corrected chi connectivity index (χ0v) is 11.8. The van der Waals surface area contributed by atoms with Crippen molar-refractivity contribution in [3.8, 4) is 0 Å². The van der Waals surface area contributed by atoms with Crippen molar-refractivity contribution in [3.63, 3.8) is 0 Å². The highest BCUT2D eigenvalue weighted by molar-refractivity contribution is 5.83. The fourth-order valence-electron chi connectivity index (χ4n) is 2.25. The van der Waals surface area contributed by atoms with Gasteiger partial charge in [-0.1, -0.05) is 31.8 Å². The molecule has 2 amide bonds. The van der Waals surface area contributed by atoms with E-state index in [0.717, 1.165) is 25.7 Å². The van der Waals surface area contributed by atoms with Gasteiger partial charge in [-0.05, 0) is 25.7 Å². The molecule has 1 rings (SSSR count). The van der Waals surface area contributed by atoms with Gasteiger partial charge in [-0.3, -0.25) is 20.0 Å². The van der Waals surface area contributed by atoms with Gasteiger partial charge in [0, 0.05) is 19.4 Å². The number of nitrogens with zero attached hydrogens (tertiary/aromatic N) is 1. The molecule has 0 unspecified atom stereocenters. The third-order valence-electron chi connectivity index (χ3n) is 3.40. The Bertz CT molecular complexity index is 303. The number of hydrazine groups is 1. The van der Waals surface area contributed by atoms with E-state index in [0.29, 0.717) is 19.4 Å². The Kier molecular flexibility index (Phi) is 7.94. The molecule has 0 radical (unpaired) electrons. The van der Waals surface area contributed by atoms with Crippen molar-refractivity contribution in [3.05, 3.63) is 12.7 Å². The average molecular weight is 266 g/mol. The molecule has 0 aliphatic carbocycles. The van der Waals surface area contributed by atoms with E-state index in [4.69, 9.17) is 0 Å². The molecule has 0 saturated carbocycles. The number of unbranched alkanes of at least 4 members (excludes halogenated alkanes) is 6. The lowest BCUT2D eigenvalue weighted by atomic mass is 10.1. The predicted octanol–water partition coefficient (Wildman–Crippen LogP) is 2.95. The Hall–Kier alpha value is -1.32. The van der Waals surface area contributed by atoms with Crippen LogP contribution < -0.4 is 5.43 Å². The van der Waals surface area contributed by atoms with E-state index >= 15 is 0 Å². The maximum absolute atomic E-state index is 11.6. The SMILES string of the molecule is C=CCCCCCCCCC(=O)NN1CCCC1=O. The third kappa shape index (κ3) is 6.99. The van der Waals surface area contributed by atoms with Crippen molar-refractivity contribution < 1.29 is 9.59 Å². The molecular weight excluding hydrogens is 240 g/mol. The number of allylic oxidation sites excluding steroid dienone is 1. The third-order valence-corrected chi connectivity index (χ3v) is 3.40. The van der Waals surface area contributed by atoms with Crippen molar-refractivity contribution in [1.82, 2.24) is 10.4 Å². The van der Waals surface area contributed by atoms with Crippen LogP contribution in [0.15, 0.2) is 12.7 Å². The maximum atomic E-state index is 11.6. The standard InChI is InChI=1S/C15H26N2O2/c1-2-3-4-5-6-7-8-9-11-14(18)16-17-13-10-12-15(17)19/h2H,1,3-13H2,(H,16,18). The Morgan fingerprint density at radius 2 is 1.89 bits per heavy atom. The van der Waals surface area contributed by atoms with Crippen molar-refractivity contribution in [2.75, 3.05) is 6.54 Å². The van der Waals surface area contributed by atoms with Crippen LogP contribution in [0.3, 0.4) is 0 Å². The lowest BCUT2D eigenvalue weighted by Crippen LogP contribution is -2.42. The molecule has 0 bridgehead atoms. The molecule has 1 heterocycles. The number of hydrogen-bond donors (Lipinski definition) is 1. The molecule has 0 atom stereocenters. The summed E-state index contributed by atoms with van der Waals surface area (Å²) in [5.74, 6) is 0.0116. The van der Waals surface area contributed by atoms with Crippen LogP contribution >= 0.6 is 0 Å². The first-order valence-electron chi connectivity index (χ1n) is 7.45. The fourth-order valence-corrected chi connectivity index (χ4v) is 2.25. The van der Waals surface area contributed by atoms with Gasteiger partial charge in [-0.2, -0.15) is 0 Å². The van der Waals surface area contributed by atoms with Gasteiger partial charge in [-0.15, -0.1) is 6.58 Å². The summed E-state index contributed by atoms with van der Waals surface area (Å²) in [4.78, 5) is 22.9. The minimum absolute atomic E-state index is 0.0260. The molecule has 4 heteroatoms. The molecule has 0 aromatic rings. The highest BCUT2D eigenvalue weighted by atomic mass is 16.2. The normalized spacial score (nSPS) is 14.7. The first-order valence-corrected chi connectivity index (χ1v) is 7.45. The number of rotatable bonds is 10. The van der Waals surface area contributed by atoms with Crippen LogP contribution in [-0.2, 0) is 9.59 Å². The Morgan fingerprint density at radius 1 is 1.21 bits per heavy atom. The van der Waals surface area contributed by atoms with E-state index in [-0.39, 0.29) is 11.8 Å². The van der Waals surface area contributed by atoms with Gasteiger partial charge in [0.25, 0.3) is 0 Å². The van der Waals surface area contributed by atoms with Crippen LogP contribution in [0.1, 0.15) is 64.2 Å². The molecule has 0 aromatic carbocycles. The topological polar surface area (TPSA) is 49.4 Å². The van der Waals surface area contributed by atoms with Crippen LogP contribution in [0.5, 0.6) is 0 Å². The van der Waals surface area contributed by atoms with Crippen LogP contribution in [0, 0.1) is 0 Å².